The number of likely N-dealkylation sites (N-methyl/N-ethyl adjacent to an activating group) is 1. The largest absolute Gasteiger partial charge is 0.493 e. The molecule has 0 aliphatic carbocycles. The van der Waals surface area contributed by atoms with E-state index in [9.17, 15) is 5.11 Å². The van der Waals surface area contributed by atoms with Crippen molar-refractivity contribution in [2.24, 2.45) is 0 Å². The molecule has 28 heavy (non-hydrogen) atoms. The van der Waals surface area contributed by atoms with E-state index in [1.807, 2.05) is 24.3 Å². The molecule has 0 saturated heterocycles. The molecular formula is C23H34N2O3. The quantitative estimate of drug-likeness (QED) is 0.518. The average molecular weight is 387 g/mol. The maximum Gasteiger partial charge on any atom is 0.161 e. The van der Waals surface area contributed by atoms with E-state index in [2.05, 4.69) is 48.3 Å². The summed E-state index contributed by atoms with van der Waals surface area (Å²) < 4.78 is 11.3. The van der Waals surface area contributed by atoms with Gasteiger partial charge in [-0.05, 0) is 49.3 Å². The molecule has 2 N–H and O–H groups in total. The van der Waals surface area contributed by atoms with E-state index in [-0.39, 0.29) is 6.61 Å². The van der Waals surface area contributed by atoms with Crippen molar-refractivity contribution in [2.45, 2.75) is 32.9 Å². The zero-order valence-electron chi connectivity index (χ0n) is 17.4. The minimum atomic E-state index is -0.524. The third-order valence-electron chi connectivity index (χ3n) is 4.79. The second-order valence-corrected chi connectivity index (χ2v) is 6.85. The molecule has 0 saturated carbocycles. The van der Waals surface area contributed by atoms with Crippen molar-refractivity contribution in [1.82, 2.24) is 10.2 Å². The smallest absolute Gasteiger partial charge is 0.161 e. The molecule has 2 rings (SSSR count). The standard InChI is InChI=1S/C23H34N2O3/c1-4-25(5-2)17-21(26)18-28-22-12-11-20(15-23(22)27-3)16-24-14-13-19-9-7-6-8-10-19/h6-12,15,21,24,26H,4-5,13-14,16-18H2,1-3H3/t21-/m0/s1. The third-order valence-corrected chi connectivity index (χ3v) is 4.79. The van der Waals surface area contributed by atoms with Crippen molar-refractivity contribution in [3.05, 3.63) is 59.7 Å². The molecule has 0 radical (unpaired) electrons. The van der Waals surface area contributed by atoms with Crippen LogP contribution in [0.5, 0.6) is 11.5 Å². The van der Waals surface area contributed by atoms with Gasteiger partial charge in [0.15, 0.2) is 11.5 Å². The number of methoxy groups -OCH3 is 1. The normalized spacial score (nSPS) is 12.2. The van der Waals surface area contributed by atoms with Crippen LogP contribution >= 0.6 is 0 Å². The summed E-state index contributed by atoms with van der Waals surface area (Å²) in [6, 6.07) is 16.4. The summed E-state index contributed by atoms with van der Waals surface area (Å²) in [6.07, 6.45) is 0.479. The fourth-order valence-electron chi connectivity index (χ4n) is 3.07. The summed E-state index contributed by atoms with van der Waals surface area (Å²) in [4.78, 5) is 2.18. The molecule has 0 aliphatic heterocycles. The summed E-state index contributed by atoms with van der Waals surface area (Å²) in [5, 5.41) is 13.6. The molecule has 0 amide bonds. The highest BCUT2D eigenvalue weighted by molar-refractivity contribution is 5.43. The van der Waals surface area contributed by atoms with Gasteiger partial charge in [0.05, 0.1) is 7.11 Å². The Kier molecular flexibility index (Phi) is 9.83. The van der Waals surface area contributed by atoms with Crippen LogP contribution in [0.4, 0.5) is 0 Å². The van der Waals surface area contributed by atoms with Crippen LogP contribution in [0.1, 0.15) is 25.0 Å². The van der Waals surface area contributed by atoms with Gasteiger partial charge in [-0.15, -0.1) is 0 Å². The minimum Gasteiger partial charge on any atom is -0.493 e. The molecule has 2 aromatic carbocycles. The molecule has 5 nitrogen and oxygen atoms in total. The molecule has 0 aliphatic rings. The lowest BCUT2D eigenvalue weighted by Gasteiger charge is -2.22. The number of aliphatic hydroxyl groups excluding tert-OH is 1. The Balaban J connectivity index is 1.80. The molecule has 0 fully saturated rings. The van der Waals surface area contributed by atoms with Gasteiger partial charge in [0, 0.05) is 13.1 Å². The first-order chi connectivity index (χ1) is 13.7. The van der Waals surface area contributed by atoms with E-state index in [1.165, 1.54) is 5.56 Å². The maximum absolute atomic E-state index is 10.2. The molecule has 154 valence electrons. The van der Waals surface area contributed by atoms with Crippen LogP contribution in [0.2, 0.25) is 0 Å². The van der Waals surface area contributed by atoms with Crippen molar-refractivity contribution in [2.75, 3.05) is 39.9 Å². The zero-order chi connectivity index (χ0) is 20.2. The Morgan fingerprint density at radius 1 is 1.00 bits per heavy atom. The highest BCUT2D eigenvalue weighted by Gasteiger charge is 2.12. The fourth-order valence-corrected chi connectivity index (χ4v) is 3.07. The van der Waals surface area contributed by atoms with Gasteiger partial charge in [0.2, 0.25) is 0 Å². The number of hydrogen-bond donors (Lipinski definition) is 2. The van der Waals surface area contributed by atoms with E-state index in [0.29, 0.717) is 18.0 Å². The number of aliphatic hydroxyl groups is 1. The summed E-state index contributed by atoms with van der Waals surface area (Å²) in [5.41, 5.74) is 2.47. The fraction of sp³-hybridized carbons (Fsp3) is 0.478. The first-order valence-electron chi connectivity index (χ1n) is 10.1. The van der Waals surface area contributed by atoms with Gasteiger partial charge in [0.25, 0.3) is 0 Å². The van der Waals surface area contributed by atoms with Crippen molar-refractivity contribution in [3.63, 3.8) is 0 Å². The lowest BCUT2D eigenvalue weighted by molar-refractivity contribution is 0.0705. The van der Waals surface area contributed by atoms with Gasteiger partial charge in [-0.1, -0.05) is 50.2 Å². The second-order valence-electron chi connectivity index (χ2n) is 6.85. The summed E-state index contributed by atoms with van der Waals surface area (Å²) >= 11 is 0. The SMILES string of the molecule is CCN(CC)C[C@H](O)COc1ccc(CNCCc2ccccc2)cc1OC. The third kappa shape index (κ3) is 7.50. The number of nitrogens with zero attached hydrogens (tertiary/aromatic N) is 1. The summed E-state index contributed by atoms with van der Waals surface area (Å²) in [6.45, 7) is 8.57. The first-order valence-corrected chi connectivity index (χ1v) is 10.1. The van der Waals surface area contributed by atoms with Crippen molar-refractivity contribution in [1.29, 1.82) is 0 Å². The topological polar surface area (TPSA) is 54.0 Å². The van der Waals surface area contributed by atoms with Gasteiger partial charge < -0.3 is 24.8 Å². The predicted octanol–water partition coefficient (Wildman–Crippen LogP) is 3.11. The second kappa shape index (κ2) is 12.4. The predicted molar refractivity (Wildman–Crippen MR) is 114 cm³/mol. The number of hydrogen-bond acceptors (Lipinski definition) is 5. The molecule has 1 atom stereocenters. The summed E-state index contributed by atoms with van der Waals surface area (Å²) in [5.74, 6) is 1.35. The zero-order valence-corrected chi connectivity index (χ0v) is 17.4. The number of nitrogens with one attached hydrogen (secondary N) is 1. The Labute approximate surface area is 169 Å². The van der Waals surface area contributed by atoms with E-state index in [4.69, 9.17) is 9.47 Å². The van der Waals surface area contributed by atoms with Crippen LogP contribution < -0.4 is 14.8 Å². The number of rotatable bonds is 13. The Morgan fingerprint density at radius 3 is 2.43 bits per heavy atom. The Morgan fingerprint density at radius 2 is 1.75 bits per heavy atom. The van der Waals surface area contributed by atoms with Crippen LogP contribution in [0.3, 0.4) is 0 Å². The van der Waals surface area contributed by atoms with E-state index in [0.717, 1.165) is 38.2 Å². The molecule has 0 unspecified atom stereocenters. The van der Waals surface area contributed by atoms with Crippen LogP contribution in [-0.4, -0.2) is 56.0 Å². The molecule has 0 bridgehead atoms. The average Bonchev–Trinajstić information content (AvgIpc) is 2.74. The van der Waals surface area contributed by atoms with Gasteiger partial charge >= 0.3 is 0 Å². The number of benzene rings is 2. The monoisotopic (exact) mass is 386 g/mol. The molecule has 0 spiro atoms. The summed E-state index contributed by atoms with van der Waals surface area (Å²) in [7, 11) is 1.64. The molecular weight excluding hydrogens is 352 g/mol. The lowest BCUT2D eigenvalue weighted by Crippen LogP contribution is -2.35. The molecule has 0 aromatic heterocycles. The van der Waals surface area contributed by atoms with Crippen LogP contribution in [0.25, 0.3) is 0 Å². The number of ether oxygens (including phenoxy) is 2. The van der Waals surface area contributed by atoms with Crippen LogP contribution in [0.15, 0.2) is 48.5 Å². The maximum atomic E-state index is 10.2. The Bertz CT molecular complexity index is 675. The van der Waals surface area contributed by atoms with Gasteiger partial charge in [-0.25, -0.2) is 0 Å². The van der Waals surface area contributed by atoms with Gasteiger partial charge in [0.1, 0.15) is 12.7 Å². The molecule has 2 aromatic rings. The highest BCUT2D eigenvalue weighted by Crippen LogP contribution is 2.28. The van der Waals surface area contributed by atoms with Crippen molar-refractivity contribution in [3.8, 4) is 11.5 Å². The lowest BCUT2D eigenvalue weighted by atomic mass is 10.1. The van der Waals surface area contributed by atoms with E-state index >= 15 is 0 Å². The van der Waals surface area contributed by atoms with Gasteiger partial charge in [-0.2, -0.15) is 0 Å². The van der Waals surface area contributed by atoms with Crippen molar-refractivity contribution >= 4 is 0 Å². The van der Waals surface area contributed by atoms with Crippen LogP contribution in [-0.2, 0) is 13.0 Å². The van der Waals surface area contributed by atoms with Crippen LogP contribution in [0, 0.1) is 0 Å². The first kappa shape index (κ1) is 22.2. The van der Waals surface area contributed by atoms with Crippen molar-refractivity contribution < 1.29 is 14.6 Å². The molecule has 0 heterocycles. The van der Waals surface area contributed by atoms with E-state index in [1.54, 1.807) is 7.11 Å². The molecule has 5 heteroatoms. The highest BCUT2D eigenvalue weighted by atomic mass is 16.5. The Hall–Kier alpha value is -2.08. The van der Waals surface area contributed by atoms with E-state index < -0.39 is 6.10 Å². The minimum absolute atomic E-state index is 0.252. The van der Waals surface area contributed by atoms with Gasteiger partial charge in [-0.3, -0.25) is 0 Å².